The molecule has 1 atom stereocenters. The molecule has 0 radical (unpaired) electrons. The minimum Gasteiger partial charge on any atom is -0.462 e. The summed E-state index contributed by atoms with van der Waals surface area (Å²) in [7, 11) is 0. The largest absolute Gasteiger partial charge is 0.462 e. The number of hydrogen-bond acceptors (Lipinski definition) is 6. The molecular formula is C57H96O6. The molecule has 6 heteroatoms. The Hall–Kier alpha value is -3.41. The van der Waals surface area contributed by atoms with Gasteiger partial charge in [0, 0.05) is 19.3 Å². The van der Waals surface area contributed by atoms with Crippen LogP contribution < -0.4 is 0 Å². The summed E-state index contributed by atoms with van der Waals surface area (Å²) in [5, 5.41) is 0. The average molecular weight is 877 g/mol. The summed E-state index contributed by atoms with van der Waals surface area (Å²) in [5.74, 6) is -0.943. The fourth-order valence-electron chi connectivity index (χ4n) is 6.93. The average Bonchev–Trinajstić information content (AvgIpc) is 3.28. The minimum absolute atomic E-state index is 0.0952. The predicted molar refractivity (Wildman–Crippen MR) is 270 cm³/mol. The molecule has 0 aliphatic carbocycles. The fraction of sp³-hybridized carbons (Fsp3) is 0.702. The van der Waals surface area contributed by atoms with Gasteiger partial charge < -0.3 is 14.2 Å². The molecule has 0 aliphatic rings. The Kier molecular flexibility index (Phi) is 48.5. The van der Waals surface area contributed by atoms with E-state index in [0.717, 1.165) is 128 Å². The van der Waals surface area contributed by atoms with Gasteiger partial charge in [-0.2, -0.15) is 0 Å². The number of unbranched alkanes of at least 4 members (excludes halogenated alkanes) is 21. The zero-order valence-corrected chi connectivity index (χ0v) is 41.1. The molecule has 0 aromatic heterocycles. The van der Waals surface area contributed by atoms with Crippen LogP contribution in [-0.2, 0) is 28.6 Å². The van der Waals surface area contributed by atoms with Crippen LogP contribution >= 0.6 is 0 Å². The molecular weight excluding hydrogens is 781 g/mol. The van der Waals surface area contributed by atoms with Gasteiger partial charge in [0.2, 0.25) is 0 Å². The van der Waals surface area contributed by atoms with Crippen LogP contribution in [0.1, 0.15) is 239 Å². The Labute approximate surface area is 388 Å². The van der Waals surface area contributed by atoms with Crippen LogP contribution in [0, 0.1) is 0 Å². The molecule has 0 fully saturated rings. The van der Waals surface area contributed by atoms with Gasteiger partial charge in [0.25, 0.3) is 0 Å². The topological polar surface area (TPSA) is 78.9 Å². The maximum atomic E-state index is 12.8. The second-order valence-electron chi connectivity index (χ2n) is 17.0. The quantitative estimate of drug-likeness (QED) is 0.0262. The lowest BCUT2D eigenvalue weighted by Gasteiger charge is -2.18. The zero-order valence-electron chi connectivity index (χ0n) is 41.1. The summed E-state index contributed by atoms with van der Waals surface area (Å²) in [6.45, 7) is 6.44. The highest BCUT2D eigenvalue weighted by molar-refractivity contribution is 5.71. The molecule has 0 aromatic carbocycles. The number of carbonyl (C=O) groups is 3. The van der Waals surface area contributed by atoms with Crippen molar-refractivity contribution in [3.05, 3.63) is 85.1 Å². The van der Waals surface area contributed by atoms with Crippen LogP contribution in [0.5, 0.6) is 0 Å². The van der Waals surface area contributed by atoms with Crippen molar-refractivity contribution in [2.45, 2.75) is 245 Å². The summed E-state index contributed by atoms with van der Waals surface area (Å²) >= 11 is 0. The molecule has 0 N–H and O–H groups in total. The Balaban J connectivity index is 4.46. The van der Waals surface area contributed by atoms with Crippen molar-refractivity contribution in [3.63, 3.8) is 0 Å². The van der Waals surface area contributed by atoms with Gasteiger partial charge in [0.1, 0.15) is 13.2 Å². The lowest BCUT2D eigenvalue weighted by molar-refractivity contribution is -0.167. The summed E-state index contributed by atoms with van der Waals surface area (Å²) in [5.41, 5.74) is 0. The summed E-state index contributed by atoms with van der Waals surface area (Å²) in [6, 6.07) is 0. The number of ether oxygens (including phenoxy) is 3. The Morgan fingerprint density at radius 3 is 1.02 bits per heavy atom. The third-order valence-corrected chi connectivity index (χ3v) is 10.9. The molecule has 0 aromatic rings. The van der Waals surface area contributed by atoms with Gasteiger partial charge in [-0.15, -0.1) is 0 Å². The van der Waals surface area contributed by atoms with Crippen molar-refractivity contribution < 1.29 is 28.6 Å². The van der Waals surface area contributed by atoms with E-state index in [9.17, 15) is 14.4 Å². The molecule has 6 nitrogen and oxygen atoms in total. The van der Waals surface area contributed by atoms with Gasteiger partial charge in [-0.3, -0.25) is 14.4 Å². The van der Waals surface area contributed by atoms with Crippen LogP contribution in [0.4, 0.5) is 0 Å². The van der Waals surface area contributed by atoms with Gasteiger partial charge in [-0.05, 0) is 116 Å². The van der Waals surface area contributed by atoms with Crippen LogP contribution in [0.2, 0.25) is 0 Å². The Morgan fingerprint density at radius 1 is 0.333 bits per heavy atom. The smallest absolute Gasteiger partial charge is 0.306 e. The van der Waals surface area contributed by atoms with Crippen LogP contribution in [-0.4, -0.2) is 37.2 Å². The van der Waals surface area contributed by atoms with E-state index in [4.69, 9.17) is 14.2 Å². The maximum Gasteiger partial charge on any atom is 0.306 e. The molecule has 0 saturated heterocycles. The molecule has 0 rings (SSSR count). The zero-order chi connectivity index (χ0) is 45.8. The van der Waals surface area contributed by atoms with Gasteiger partial charge >= 0.3 is 17.9 Å². The first-order valence-electron chi connectivity index (χ1n) is 26.1. The van der Waals surface area contributed by atoms with Crippen LogP contribution in [0.3, 0.4) is 0 Å². The number of hydrogen-bond donors (Lipinski definition) is 0. The lowest BCUT2D eigenvalue weighted by Crippen LogP contribution is -2.30. The second kappa shape index (κ2) is 51.2. The summed E-state index contributed by atoms with van der Waals surface area (Å²) < 4.78 is 16.8. The second-order valence-corrected chi connectivity index (χ2v) is 17.0. The highest BCUT2D eigenvalue weighted by atomic mass is 16.6. The summed E-state index contributed by atoms with van der Waals surface area (Å²) in [4.78, 5) is 38.0. The number of esters is 3. The molecule has 0 aliphatic heterocycles. The van der Waals surface area contributed by atoms with E-state index in [1.807, 2.05) is 0 Å². The number of allylic oxidation sites excluding steroid dienone is 14. The van der Waals surface area contributed by atoms with Crippen molar-refractivity contribution >= 4 is 17.9 Å². The molecule has 63 heavy (non-hydrogen) atoms. The van der Waals surface area contributed by atoms with Gasteiger partial charge in [-0.25, -0.2) is 0 Å². The van der Waals surface area contributed by atoms with E-state index in [-0.39, 0.29) is 31.1 Å². The normalized spacial score (nSPS) is 12.7. The van der Waals surface area contributed by atoms with E-state index < -0.39 is 6.10 Å². The first-order chi connectivity index (χ1) is 31.0. The maximum absolute atomic E-state index is 12.8. The minimum atomic E-state index is -0.797. The van der Waals surface area contributed by atoms with E-state index in [2.05, 4.69) is 106 Å². The molecule has 0 saturated carbocycles. The van der Waals surface area contributed by atoms with E-state index in [1.165, 1.54) is 70.6 Å². The summed E-state index contributed by atoms with van der Waals surface area (Å²) in [6.07, 6.45) is 65.6. The third-order valence-electron chi connectivity index (χ3n) is 10.9. The van der Waals surface area contributed by atoms with Crippen LogP contribution in [0.15, 0.2) is 85.1 Å². The molecule has 0 amide bonds. The van der Waals surface area contributed by atoms with Gasteiger partial charge in [-0.1, -0.05) is 189 Å². The fourth-order valence-corrected chi connectivity index (χ4v) is 6.93. The Morgan fingerprint density at radius 2 is 0.619 bits per heavy atom. The van der Waals surface area contributed by atoms with Gasteiger partial charge in [0.05, 0.1) is 0 Å². The van der Waals surface area contributed by atoms with Crippen molar-refractivity contribution in [1.82, 2.24) is 0 Å². The highest BCUT2D eigenvalue weighted by Crippen LogP contribution is 2.13. The highest BCUT2D eigenvalue weighted by Gasteiger charge is 2.19. The third kappa shape index (κ3) is 49.5. The van der Waals surface area contributed by atoms with Gasteiger partial charge in [0.15, 0.2) is 6.10 Å². The number of carbonyl (C=O) groups excluding carboxylic acids is 3. The van der Waals surface area contributed by atoms with E-state index >= 15 is 0 Å². The lowest BCUT2D eigenvalue weighted by atomic mass is 10.1. The standard InChI is InChI=1S/C57H96O6/c1-4-7-10-13-16-19-22-25-27-29-31-32-35-38-41-44-47-50-56(59)62-53-54(52-61-55(58)49-46-43-40-37-34-24-21-18-15-12-9-6-3)63-57(60)51-48-45-42-39-36-33-30-28-26-23-20-17-14-11-8-5-2/h7,10,16,18-21,23,25,27-28,30-32,54H,4-6,8-9,11-15,17,22,24,26,29,33-53H2,1-3H3/b10-7-,19-16-,21-18-,23-20-,27-25-,30-28-,32-31-. The molecule has 0 bridgehead atoms. The van der Waals surface area contributed by atoms with Crippen molar-refractivity contribution in [2.24, 2.45) is 0 Å². The monoisotopic (exact) mass is 877 g/mol. The Bertz CT molecular complexity index is 1240. The van der Waals surface area contributed by atoms with Crippen molar-refractivity contribution in [2.75, 3.05) is 13.2 Å². The van der Waals surface area contributed by atoms with E-state index in [0.29, 0.717) is 19.3 Å². The SMILES string of the molecule is CC/C=C\C/C=C\C/C=C\C/C=C\CCCCCCC(=O)OCC(COC(=O)CCCCCCC/C=C\CCCCC)OC(=O)CCCCCCC/C=C\C/C=C\CCCCCC. The predicted octanol–water partition coefficient (Wildman–Crippen LogP) is 17.2. The first-order valence-corrected chi connectivity index (χ1v) is 26.1. The van der Waals surface area contributed by atoms with Crippen LogP contribution in [0.25, 0.3) is 0 Å². The number of rotatable bonds is 46. The molecule has 0 heterocycles. The first kappa shape index (κ1) is 59.6. The van der Waals surface area contributed by atoms with Crippen molar-refractivity contribution in [3.8, 4) is 0 Å². The molecule has 0 spiro atoms. The molecule has 1 unspecified atom stereocenters. The van der Waals surface area contributed by atoms with Crippen molar-refractivity contribution in [1.29, 1.82) is 0 Å². The molecule has 360 valence electrons. The van der Waals surface area contributed by atoms with E-state index in [1.54, 1.807) is 0 Å².